The number of hydrogen-bond acceptors (Lipinski definition) is 5. The topological polar surface area (TPSA) is 84.9 Å². The predicted molar refractivity (Wildman–Crippen MR) is 119 cm³/mol. The second kappa shape index (κ2) is 7.07. The van der Waals surface area contributed by atoms with Crippen LogP contribution in [-0.4, -0.2) is 35.6 Å². The summed E-state index contributed by atoms with van der Waals surface area (Å²) in [7, 11) is 0. The van der Waals surface area contributed by atoms with E-state index in [4.69, 9.17) is 9.47 Å². The zero-order valence-corrected chi connectivity index (χ0v) is 19.4. The van der Waals surface area contributed by atoms with Crippen molar-refractivity contribution in [2.24, 2.45) is 23.2 Å². The molecule has 0 unspecified atom stereocenters. The summed E-state index contributed by atoms with van der Waals surface area (Å²) >= 11 is 3.48. The molecule has 8 heteroatoms. The molecule has 5 fully saturated rings. The molecular weight excluding hydrogens is 476 g/mol. The van der Waals surface area contributed by atoms with Crippen molar-refractivity contribution in [2.45, 2.75) is 51.5 Å². The minimum Gasteiger partial charge on any atom is -0.454 e. The lowest BCUT2D eigenvalue weighted by Gasteiger charge is -2.60. The molecule has 7 nitrogen and oxygen atoms in total. The highest BCUT2D eigenvalue weighted by atomic mass is 79.9. The van der Waals surface area contributed by atoms with Crippen LogP contribution in [0.5, 0.6) is 11.5 Å². The van der Waals surface area contributed by atoms with Crippen LogP contribution in [0.25, 0.3) is 6.08 Å². The van der Waals surface area contributed by atoms with Gasteiger partial charge >= 0.3 is 6.03 Å². The third-order valence-corrected chi connectivity index (χ3v) is 8.97. The fourth-order valence-electron chi connectivity index (χ4n) is 7.19. The van der Waals surface area contributed by atoms with Crippen molar-refractivity contribution in [2.75, 3.05) is 6.79 Å². The van der Waals surface area contributed by atoms with E-state index < -0.39 is 17.8 Å². The Morgan fingerprint density at radius 3 is 2.28 bits per heavy atom. The van der Waals surface area contributed by atoms with Gasteiger partial charge in [0.05, 0.1) is 0 Å². The van der Waals surface area contributed by atoms with Gasteiger partial charge in [0, 0.05) is 10.5 Å². The van der Waals surface area contributed by atoms with Crippen LogP contribution in [0.15, 0.2) is 22.2 Å². The van der Waals surface area contributed by atoms with Crippen LogP contribution in [0.1, 0.15) is 51.0 Å². The monoisotopic (exact) mass is 500 g/mol. The lowest BCUT2D eigenvalue weighted by Crippen LogP contribution is -2.63. The predicted octanol–water partition coefficient (Wildman–Crippen LogP) is 4.24. The number of fused-ring (bicyclic) bond motifs is 1. The average molecular weight is 501 g/mol. The Labute approximate surface area is 194 Å². The zero-order chi connectivity index (χ0) is 22.2. The molecule has 0 spiro atoms. The van der Waals surface area contributed by atoms with E-state index in [0.29, 0.717) is 39.3 Å². The number of carbonyl (C=O) groups is 3. The molecule has 0 aromatic heterocycles. The molecule has 2 aliphatic heterocycles. The van der Waals surface area contributed by atoms with Gasteiger partial charge in [0.25, 0.3) is 11.8 Å². The summed E-state index contributed by atoms with van der Waals surface area (Å²) in [4.78, 5) is 40.4. The van der Waals surface area contributed by atoms with E-state index in [1.165, 1.54) is 30.2 Å². The molecule has 1 aromatic rings. The maximum Gasteiger partial charge on any atom is 0.331 e. The number of carbonyl (C=O) groups excluding carboxylic acids is 3. The van der Waals surface area contributed by atoms with Crippen LogP contribution >= 0.6 is 15.9 Å². The van der Waals surface area contributed by atoms with E-state index in [1.807, 2.05) is 6.92 Å². The zero-order valence-electron chi connectivity index (χ0n) is 17.9. The van der Waals surface area contributed by atoms with E-state index in [2.05, 4.69) is 21.2 Å². The molecule has 4 saturated carbocycles. The van der Waals surface area contributed by atoms with Gasteiger partial charge in [0.15, 0.2) is 11.5 Å². The van der Waals surface area contributed by atoms with E-state index >= 15 is 0 Å². The average Bonchev–Trinajstić information content (AvgIpc) is 3.17. The summed E-state index contributed by atoms with van der Waals surface area (Å²) in [6.45, 7) is 2.13. The van der Waals surface area contributed by atoms with Crippen molar-refractivity contribution in [3.63, 3.8) is 0 Å². The first kappa shape index (κ1) is 20.3. The highest BCUT2D eigenvalue weighted by Gasteiger charge is 2.56. The molecule has 168 valence electrons. The normalized spacial score (nSPS) is 34.9. The van der Waals surface area contributed by atoms with E-state index in [1.54, 1.807) is 12.1 Å². The minimum absolute atomic E-state index is 0.0351. The Morgan fingerprint density at radius 1 is 1.06 bits per heavy atom. The van der Waals surface area contributed by atoms with Crippen LogP contribution in [-0.2, 0) is 9.59 Å². The Hall–Kier alpha value is -2.35. The first-order valence-electron chi connectivity index (χ1n) is 11.3. The summed E-state index contributed by atoms with van der Waals surface area (Å²) < 4.78 is 11.5. The Bertz CT molecular complexity index is 1050. The summed E-state index contributed by atoms with van der Waals surface area (Å²) in [6.07, 6.45) is 8.58. The van der Waals surface area contributed by atoms with Gasteiger partial charge in [0.1, 0.15) is 5.57 Å². The largest absolute Gasteiger partial charge is 0.454 e. The molecule has 0 radical (unpaired) electrons. The summed E-state index contributed by atoms with van der Waals surface area (Å²) in [5, 5.41) is 2.40. The van der Waals surface area contributed by atoms with Crippen molar-refractivity contribution in [1.29, 1.82) is 0 Å². The van der Waals surface area contributed by atoms with Crippen LogP contribution in [0.3, 0.4) is 0 Å². The number of imide groups is 2. The number of amides is 4. The van der Waals surface area contributed by atoms with Crippen LogP contribution in [0.2, 0.25) is 0 Å². The molecule has 1 N–H and O–H groups in total. The number of urea groups is 1. The van der Waals surface area contributed by atoms with Crippen LogP contribution < -0.4 is 14.8 Å². The second-order valence-electron chi connectivity index (χ2n) is 10.2. The van der Waals surface area contributed by atoms with Gasteiger partial charge in [-0.2, -0.15) is 0 Å². The maximum absolute atomic E-state index is 13.5. The molecule has 1 atom stereocenters. The minimum atomic E-state index is -0.668. The van der Waals surface area contributed by atoms with Crippen LogP contribution in [0, 0.1) is 23.2 Å². The van der Waals surface area contributed by atoms with E-state index in [0.717, 1.165) is 19.3 Å². The van der Waals surface area contributed by atoms with Crippen LogP contribution in [0.4, 0.5) is 4.79 Å². The van der Waals surface area contributed by atoms with Crippen molar-refractivity contribution in [1.82, 2.24) is 10.2 Å². The fraction of sp³-hybridized carbons (Fsp3) is 0.542. The smallest absolute Gasteiger partial charge is 0.331 e. The molecule has 1 aromatic carbocycles. The quantitative estimate of drug-likeness (QED) is 0.495. The Morgan fingerprint density at radius 2 is 1.66 bits per heavy atom. The number of nitrogens with one attached hydrogen (secondary N) is 1. The summed E-state index contributed by atoms with van der Waals surface area (Å²) in [5.41, 5.74) is 0.539. The Balaban J connectivity index is 1.34. The molecule has 6 aliphatic rings. The van der Waals surface area contributed by atoms with E-state index in [9.17, 15) is 14.4 Å². The van der Waals surface area contributed by atoms with Crippen molar-refractivity contribution >= 4 is 39.9 Å². The molecule has 32 heavy (non-hydrogen) atoms. The van der Waals surface area contributed by atoms with E-state index in [-0.39, 0.29) is 23.8 Å². The van der Waals surface area contributed by atoms with Gasteiger partial charge in [-0.15, -0.1) is 0 Å². The first-order chi connectivity index (χ1) is 15.3. The van der Waals surface area contributed by atoms with Gasteiger partial charge < -0.3 is 9.47 Å². The molecule has 4 amide bonds. The SMILES string of the molecule is C[C@H](N1C(=O)NC(=O)/C(=C\c2cc3c(cc2Br)OCO3)C1=O)C12CC3CC(CC(C3)C1)C2. The first-order valence-corrected chi connectivity index (χ1v) is 12.1. The third kappa shape index (κ3) is 3.02. The van der Waals surface area contributed by atoms with Gasteiger partial charge in [-0.25, -0.2) is 4.79 Å². The second-order valence-corrected chi connectivity index (χ2v) is 11.0. The molecule has 7 rings (SSSR count). The molecule has 1 saturated heterocycles. The molecule has 4 bridgehead atoms. The van der Waals surface area contributed by atoms with Gasteiger partial charge in [-0.1, -0.05) is 15.9 Å². The number of rotatable bonds is 3. The number of ether oxygens (including phenoxy) is 2. The fourth-order valence-corrected chi connectivity index (χ4v) is 7.62. The number of halogens is 1. The third-order valence-electron chi connectivity index (χ3n) is 8.28. The van der Waals surface area contributed by atoms with Gasteiger partial charge in [-0.05, 0) is 92.4 Å². The molecular formula is C24H25BrN2O5. The Kier molecular flexibility index (Phi) is 4.48. The van der Waals surface area contributed by atoms with Crippen molar-refractivity contribution in [3.8, 4) is 11.5 Å². The lowest BCUT2D eigenvalue weighted by atomic mass is 9.47. The highest BCUT2D eigenvalue weighted by Crippen LogP contribution is 2.62. The highest BCUT2D eigenvalue weighted by molar-refractivity contribution is 9.10. The number of benzene rings is 1. The lowest BCUT2D eigenvalue weighted by molar-refractivity contribution is -0.139. The standard InChI is InChI=1S/C24H25BrN2O5/c1-12(24-8-13-2-14(9-24)4-15(3-13)10-24)27-22(29)17(21(28)26-23(27)30)5-16-6-19-20(7-18(16)25)32-11-31-19/h5-7,12-15H,2-4,8-11H2,1H3,(H,26,28,30)/b17-5+/t12-,13?,14?,15?,24?/m0/s1. The summed E-state index contributed by atoms with van der Waals surface area (Å²) in [6, 6.07) is 2.62. The van der Waals surface area contributed by atoms with Gasteiger partial charge in [0.2, 0.25) is 6.79 Å². The number of hydrogen-bond donors (Lipinski definition) is 1. The summed E-state index contributed by atoms with van der Waals surface area (Å²) in [5.74, 6) is 2.07. The number of barbiturate groups is 1. The molecule has 4 aliphatic carbocycles. The van der Waals surface area contributed by atoms with Crippen molar-refractivity contribution < 1.29 is 23.9 Å². The maximum atomic E-state index is 13.5. The van der Waals surface area contributed by atoms with Crippen molar-refractivity contribution in [3.05, 3.63) is 27.7 Å². The van der Waals surface area contributed by atoms with Gasteiger partial charge in [-0.3, -0.25) is 19.8 Å². The molecule has 2 heterocycles. The number of nitrogens with zero attached hydrogens (tertiary/aromatic N) is 1.